The number of para-hydroxylation sites is 2. The molecule has 0 saturated heterocycles. The van der Waals surface area contributed by atoms with Gasteiger partial charge < -0.3 is 9.52 Å². The Hall–Kier alpha value is -6.55. The predicted molar refractivity (Wildman–Crippen MR) is 291 cm³/mol. The zero-order valence-electron chi connectivity index (χ0n) is 42.7. The fourth-order valence-electron chi connectivity index (χ4n) is 12.2. The summed E-state index contributed by atoms with van der Waals surface area (Å²) >= 11 is 0. The number of aromatic nitrogens is 3. The Morgan fingerprint density at radius 2 is 1.30 bits per heavy atom. The van der Waals surface area contributed by atoms with Crippen molar-refractivity contribution in [3.8, 4) is 56.3 Å². The molecule has 1 aliphatic rings. The van der Waals surface area contributed by atoms with E-state index in [2.05, 4.69) is 202 Å². The summed E-state index contributed by atoms with van der Waals surface area (Å²) < 4.78 is 9.42. The van der Waals surface area contributed by atoms with Crippen LogP contribution in [-0.4, -0.2) is 19.6 Å². The summed E-state index contributed by atoms with van der Waals surface area (Å²) in [5, 5.41) is 14.2. The Morgan fingerprint density at radius 1 is 0.662 bits per heavy atom. The standard InChI is InChI=1S/C65H62N3O2.Pt/c1-38(2)46-24-18-25-47(39(3)4)55(46)41-32-33-66-52(37-41)43-34-42(35-44(36-43)63(5,6)7)48-26-19-27-53-58(48)67-62(68(53)45-22-16-13-17-23-45)56-54(69)31-29-49-50-28-30-51-57(60(50)70-59(49)56)65(10,11)61(64(51,8)9)40-20-14-12-15-21-40;/h12-33,35-39,61,69H,1-11H3;/q-1;. The van der Waals surface area contributed by atoms with Crippen molar-refractivity contribution < 1.29 is 30.6 Å². The second-order valence-electron chi connectivity index (χ2n) is 22.4. The van der Waals surface area contributed by atoms with Crippen LogP contribution in [0, 0.1) is 6.07 Å². The number of phenolic OH excluding ortho intramolecular Hbond substituents is 1. The van der Waals surface area contributed by atoms with Crippen LogP contribution in [0.2, 0.25) is 0 Å². The minimum atomic E-state index is -0.259. The molecule has 3 heterocycles. The van der Waals surface area contributed by atoms with Crippen molar-refractivity contribution in [2.24, 2.45) is 0 Å². The van der Waals surface area contributed by atoms with E-state index in [-0.39, 0.29) is 49.0 Å². The van der Waals surface area contributed by atoms with Gasteiger partial charge in [0.15, 0.2) is 5.82 Å². The first-order valence-corrected chi connectivity index (χ1v) is 25.0. The molecule has 0 amide bonds. The summed E-state index contributed by atoms with van der Waals surface area (Å²) in [5.74, 6) is 1.65. The van der Waals surface area contributed by atoms with Crippen molar-refractivity contribution in [3.63, 3.8) is 0 Å². The molecule has 0 saturated carbocycles. The van der Waals surface area contributed by atoms with E-state index in [1.807, 2.05) is 30.5 Å². The second-order valence-corrected chi connectivity index (χ2v) is 22.4. The fraction of sp³-hybridized carbons (Fsp3) is 0.262. The van der Waals surface area contributed by atoms with E-state index in [1.54, 1.807) is 6.07 Å². The molecular weight excluding hydrogens is 1050 g/mol. The van der Waals surface area contributed by atoms with Crippen LogP contribution < -0.4 is 0 Å². The van der Waals surface area contributed by atoms with Crippen LogP contribution in [0.1, 0.15) is 127 Å². The molecule has 0 radical (unpaired) electrons. The van der Waals surface area contributed by atoms with E-state index in [1.165, 1.54) is 38.9 Å². The molecule has 0 bridgehead atoms. The first-order valence-electron chi connectivity index (χ1n) is 25.0. The van der Waals surface area contributed by atoms with Gasteiger partial charge in [-0.25, -0.2) is 4.98 Å². The molecule has 0 spiro atoms. The molecule has 3 aromatic heterocycles. The van der Waals surface area contributed by atoms with Crippen molar-refractivity contribution in [2.75, 3.05) is 0 Å². The zero-order chi connectivity index (χ0) is 49.0. The topological polar surface area (TPSA) is 64.1 Å². The van der Waals surface area contributed by atoms with Gasteiger partial charge in [-0.05, 0) is 92.4 Å². The van der Waals surface area contributed by atoms with Crippen LogP contribution in [-0.2, 0) is 37.3 Å². The van der Waals surface area contributed by atoms with Gasteiger partial charge in [0.1, 0.15) is 22.5 Å². The fourth-order valence-corrected chi connectivity index (χ4v) is 12.2. The third kappa shape index (κ3) is 7.78. The Morgan fingerprint density at radius 3 is 1.97 bits per heavy atom. The number of benzene rings is 7. The molecular formula is C65H62N3O2Pt-. The summed E-state index contributed by atoms with van der Waals surface area (Å²) in [6, 6.07) is 55.4. The molecule has 1 atom stereocenters. The summed E-state index contributed by atoms with van der Waals surface area (Å²) in [7, 11) is 0. The first-order chi connectivity index (χ1) is 33.4. The Balaban J connectivity index is 0.00000582. The Kier molecular flexibility index (Phi) is 11.9. The van der Waals surface area contributed by atoms with E-state index < -0.39 is 0 Å². The first kappa shape index (κ1) is 48.1. The van der Waals surface area contributed by atoms with Gasteiger partial charge in [-0.2, -0.15) is 0 Å². The normalized spacial score (nSPS) is 15.3. The van der Waals surface area contributed by atoms with Crippen molar-refractivity contribution in [1.82, 2.24) is 14.5 Å². The number of pyridine rings is 1. The summed E-state index contributed by atoms with van der Waals surface area (Å²) in [4.78, 5) is 10.6. The Bertz CT molecular complexity index is 3640. The third-order valence-electron chi connectivity index (χ3n) is 15.3. The second kappa shape index (κ2) is 17.6. The van der Waals surface area contributed by atoms with Crippen molar-refractivity contribution in [3.05, 3.63) is 191 Å². The average Bonchev–Trinajstić information content (AvgIpc) is 3.96. The van der Waals surface area contributed by atoms with Gasteiger partial charge in [-0.3, -0.25) is 9.55 Å². The third-order valence-corrected chi connectivity index (χ3v) is 15.3. The van der Waals surface area contributed by atoms with E-state index in [0.29, 0.717) is 28.8 Å². The van der Waals surface area contributed by atoms with Gasteiger partial charge in [0.05, 0.1) is 11.0 Å². The maximum absolute atomic E-state index is 12.2. The maximum atomic E-state index is 12.2. The molecule has 1 N–H and O–H groups in total. The monoisotopic (exact) mass is 1110 g/mol. The van der Waals surface area contributed by atoms with Crippen molar-refractivity contribution in [1.29, 1.82) is 0 Å². The van der Waals surface area contributed by atoms with Gasteiger partial charge in [-0.15, -0.1) is 29.3 Å². The van der Waals surface area contributed by atoms with Gasteiger partial charge >= 0.3 is 0 Å². The number of hydrogen-bond donors (Lipinski definition) is 1. The SMILES string of the molecule is CC(C)c1cccc(C(C)C)c1-c1ccnc(-c2[c-]c(-c3cccc4c3nc(-c3c(O)ccc5c3oc3c6c(ccc35)C(C)(C)C(c3ccccc3)C6(C)C)n4-c3ccccc3)cc(C(C)(C)C)c2)c1.[Pt]. The molecule has 5 nitrogen and oxygen atoms in total. The number of nitrogens with zero attached hydrogens (tertiary/aromatic N) is 3. The number of phenols is 1. The van der Waals surface area contributed by atoms with Gasteiger partial charge in [0, 0.05) is 66.3 Å². The van der Waals surface area contributed by atoms with E-state index in [0.717, 1.165) is 61.0 Å². The summed E-state index contributed by atoms with van der Waals surface area (Å²) in [5.41, 5.74) is 17.9. The van der Waals surface area contributed by atoms with Crippen LogP contribution >= 0.6 is 0 Å². The minimum absolute atomic E-state index is 0. The number of hydrogen-bond acceptors (Lipinski definition) is 4. The number of imidazole rings is 1. The van der Waals surface area contributed by atoms with Crippen LogP contribution in [0.5, 0.6) is 5.75 Å². The van der Waals surface area contributed by atoms with Crippen LogP contribution in [0.25, 0.3) is 83.6 Å². The Labute approximate surface area is 433 Å². The number of fused-ring (bicyclic) bond motifs is 6. The van der Waals surface area contributed by atoms with E-state index in [9.17, 15) is 5.11 Å². The molecule has 0 aliphatic heterocycles. The molecule has 1 unspecified atom stereocenters. The molecule has 11 rings (SSSR count). The molecule has 360 valence electrons. The van der Waals surface area contributed by atoms with Crippen molar-refractivity contribution in [2.45, 2.75) is 110 Å². The molecule has 6 heteroatoms. The van der Waals surface area contributed by atoms with Gasteiger partial charge in [-0.1, -0.05) is 184 Å². The summed E-state index contributed by atoms with van der Waals surface area (Å²) in [6.07, 6.45) is 1.94. The molecule has 7 aromatic carbocycles. The smallest absolute Gasteiger partial charge is 0.152 e. The number of furan rings is 1. The molecule has 10 aromatic rings. The minimum Gasteiger partial charge on any atom is -0.507 e. The molecule has 0 fully saturated rings. The number of rotatable bonds is 8. The average molecular weight is 1110 g/mol. The molecule has 71 heavy (non-hydrogen) atoms. The predicted octanol–water partition coefficient (Wildman–Crippen LogP) is 17.4. The molecule has 1 aliphatic carbocycles. The van der Waals surface area contributed by atoms with Gasteiger partial charge in [0.2, 0.25) is 0 Å². The van der Waals surface area contributed by atoms with E-state index in [4.69, 9.17) is 14.4 Å². The maximum Gasteiger partial charge on any atom is 0.152 e. The quantitative estimate of drug-likeness (QED) is 0.154. The van der Waals surface area contributed by atoms with Crippen LogP contribution in [0.15, 0.2) is 156 Å². The van der Waals surface area contributed by atoms with Crippen molar-refractivity contribution >= 4 is 33.0 Å². The van der Waals surface area contributed by atoms with E-state index >= 15 is 0 Å². The number of aromatic hydroxyl groups is 1. The van der Waals surface area contributed by atoms with Crippen LogP contribution in [0.3, 0.4) is 0 Å². The zero-order valence-corrected chi connectivity index (χ0v) is 45.0. The van der Waals surface area contributed by atoms with Gasteiger partial charge in [0.25, 0.3) is 0 Å². The van der Waals surface area contributed by atoms with Crippen LogP contribution in [0.4, 0.5) is 0 Å². The summed E-state index contributed by atoms with van der Waals surface area (Å²) in [6.45, 7) is 25.3. The largest absolute Gasteiger partial charge is 0.507 e.